The van der Waals surface area contributed by atoms with E-state index in [2.05, 4.69) is 27.2 Å². The molecule has 1 aromatic heterocycles. The molecule has 0 spiro atoms. The average molecular weight is 477 g/mol. The molecule has 0 unspecified atom stereocenters. The van der Waals surface area contributed by atoms with Crippen LogP contribution in [0.5, 0.6) is 17.2 Å². The second kappa shape index (κ2) is 10.8. The molecule has 2 N–H and O–H groups in total. The lowest BCUT2D eigenvalue weighted by Crippen LogP contribution is -2.20. The maximum absolute atomic E-state index is 12.4. The van der Waals surface area contributed by atoms with Crippen molar-refractivity contribution in [1.29, 1.82) is 0 Å². The van der Waals surface area contributed by atoms with Crippen LogP contribution in [0.15, 0.2) is 77.0 Å². The molecule has 8 nitrogen and oxygen atoms in total. The van der Waals surface area contributed by atoms with Crippen molar-refractivity contribution < 1.29 is 19.4 Å². The van der Waals surface area contributed by atoms with Crippen LogP contribution in [-0.4, -0.2) is 46.8 Å². The largest absolute Gasteiger partial charge is 0.502 e. The predicted molar refractivity (Wildman–Crippen MR) is 133 cm³/mol. The van der Waals surface area contributed by atoms with Crippen LogP contribution in [0, 0.1) is 0 Å². The molecule has 0 aliphatic rings. The number of phenolic OH excluding ortho intramolecular Hbond substituents is 1. The number of nitrogens with zero attached hydrogens (tertiary/aromatic N) is 3. The molecular formula is C25H24N4O4S. The van der Waals surface area contributed by atoms with Crippen molar-refractivity contribution in [2.45, 2.75) is 11.7 Å². The van der Waals surface area contributed by atoms with E-state index in [1.54, 1.807) is 12.1 Å². The number of carbonyl (C=O) groups excluding carboxylic acids is 1. The fourth-order valence-electron chi connectivity index (χ4n) is 3.41. The van der Waals surface area contributed by atoms with Crippen molar-refractivity contribution in [2.75, 3.05) is 20.0 Å². The highest BCUT2D eigenvalue weighted by molar-refractivity contribution is 7.99. The van der Waals surface area contributed by atoms with E-state index in [-0.39, 0.29) is 28.9 Å². The lowest BCUT2D eigenvalue weighted by molar-refractivity contribution is -0.118. The van der Waals surface area contributed by atoms with Crippen LogP contribution in [-0.2, 0) is 11.3 Å². The SMILES string of the molecule is COc1cc(C=NNC(=O)CSc2nc3ccccc3n2Cc2ccccc2)cc(OC)c1O. The fourth-order valence-corrected chi connectivity index (χ4v) is 4.22. The van der Waals surface area contributed by atoms with E-state index in [9.17, 15) is 9.90 Å². The lowest BCUT2D eigenvalue weighted by atomic mass is 10.2. The van der Waals surface area contributed by atoms with E-state index in [1.165, 1.54) is 32.2 Å². The van der Waals surface area contributed by atoms with Crippen LogP contribution in [0.4, 0.5) is 0 Å². The Morgan fingerprint density at radius 3 is 2.47 bits per heavy atom. The van der Waals surface area contributed by atoms with E-state index >= 15 is 0 Å². The minimum Gasteiger partial charge on any atom is -0.502 e. The molecule has 0 aliphatic heterocycles. The monoisotopic (exact) mass is 476 g/mol. The average Bonchev–Trinajstić information content (AvgIpc) is 3.21. The summed E-state index contributed by atoms with van der Waals surface area (Å²) < 4.78 is 12.4. The van der Waals surface area contributed by atoms with Gasteiger partial charge in [0.1, 0.15) is 0 Å². The molecule has 0 atom stereocenters. The number of benzene rings is 3. The van der Waals surface area contributed by atoms with Gasteiger partial charge in [-0.25, -0.2) is 10.4 Å². The van der Waals surface area contributed by atoms with Gasteiger partial charge < -0.3 is 19.1 Å². The standard InChI is InChI=1S/C25H24N4O4S/c1-32-21-12-18(13-22(33-2)24(21)31)14-26-28-23(30)16-34-25-27-19-10-6-7-11-20(19)29(25)15-17-8-4-3-5-9-17/h3-14,31H,15-16H2,1-2H3,(H,28,30). The van der Waals surface area contributed by atoms with Gasteiger partial charge in [0, 0.05) is 5.56 Å². The van der Waals surface area contributed by atoms with Crippen molar-refractivity contribution in [2.24, 2.45) is 5.10 Å². The van der Waals surface area contributed by atoms with Gasteiger partial charge in [-0.3, -0.25) is 4.79 Å². The lowest BCUT2D eigenvalue weighted by Gasteiger charge is -2.09. The molecule has 1 amide bonds. The Morgan fingerprint density at radius 2 is 1.76 bits per heavy atom. The molecule has 0 bridgehead atoms. The number of imidazole rings is 1. The van der Waals surface area contributed by atoms with E-state index in [1.807, 2.05) is 42.5 Å². The smallest absolute Gasteiger partial charge is 0.250 e. The Labute approximate surface area is 201 Å². The number of hydrazone groups is 1. The third-order valence-corrected chi connectivity index (χ3v) is 6.02. The first-order chi connectivity index (χ1) is 16.6. The van der Waals surface area contributed by atoms with E-state index in [0.29, 0.717) is 12.1 Å². The van der Waals surface area contributed by atoms with Crippen molar-refractivity contribution in [1.82, 2.24) is 15.0 Å². The summed E-state index contributed by atoms with van der Waals surface area (Å²) in [6.07, 6.45) is 1.46. The zero-order chi connectivity index (χ0) is 23.9. The van der Waals surface area contributed by atoms with Crippen LogP contribution < -0.4 is 14.9 Å². The summed E-state index contributed by atoms with van der Waals surface area (Å²) >= 11 is 1.35. The molecule has 34 heavy (non-hydrogen) atoms. The first-order valence-electron chi connectivity index (χ1n) is 10.5. The summed E-state index contributed by atoms with van der Waals surface area (Å²) in [5, 5.41) is 14.8. The van der Waals surface area contributed by atoms with E-state index < -0.39 is 0 Å². The van der Waals surface area contributed by atoms with Crippen molar-refractivity contribution in [3.63, 3.8) is 0 Å². The normalized spacial score (nSPS) is 11.1. The molecule has 4 aromatic rings. The van der Waals surface area contributed by atoms with Gasteiger partial charge in [-0.1, -0.05) is 54.2 Å². The van der Waals surface area contributed by atoms with E-state index in [0.717, 1.165) is 21.8 Å². The number of hydrogen-bond acceptors (Lipinski definition) is 7. The van der Waals surface area contributed by atoms with Crippen LogP contribution in [0.1, 0.15) is 11.1 Å². The molecule has 0 saturated heterocycles. The Morgan fingerprint density at radius 1 is 1.09 bits per heavy atom. The number of carbonyl (C=O) groups is 1. The number of para-hydroxylation sites is 2. The number of hydrogen-bond donors (Lipinski definition) is 2. The summed E-state index contributed by atoms with van der Waals surface area (Å²) in [4.78, 5) is 17.1. The molecule has 0 saturated carbocycles. The highest BCUT2D eigenvalue weighted by Crippen LogP contribution is 2.36. The summed E-state index contributed by atoms with van der Waals surface area (Å²) in [6.45, 7) is 0.661. The van der Waals surface area contributed by atoms with Crippen LogP contribution in [0.2, 0.25) is 0 Å². The zero-order valence-electron chi connectivity index (χ0n) is 18.8. The first kappa shape index (κ1) is 23.2. The highest BCUT2D eigenvalue weighted by atomic mass is 32.2. The van der Waals surface area contributed by atoms with Crippen molar-refractivity contribution in [3.05, 3.63) is 77.9 Å². The number of nitrogens with one attached hydrogen (secondary N) is 1. The molecule has 3 aromatic carbocycles. The Hall–Kier alpha value is -3.98. The minimum absolute atomic E-state index is 0.0963. The summed E-state index contributed by atoms with van der Waals surface area (Å²) in [7, 11) is 2.89. The number of thioether (sulfide) groups is 1. The molecule has 0 radical (unpaired) electrons. The van der Waals surface area contributed by atoms with Gasteiger partial charge in [0.05, 0.1) is 43.8 Å². The molecule has 0 aliphatic carbocycles. The van der Waals surface area contributed by atoms with Gasteiger partial charge in [0.2, 0.25) is 5.75 Å². The number of ether oxygens (including phenoxy) is 2. The summed E-state index contributed by atoms with van der Waals surface area (Å²) in [5.74, 6) is 0.288. The number of aromatic nitrogens is 2. The maximum atomic E-state index is 12.4. The topological polar surface area (TPSA) is 98.0 Å². The minimum atomic E-state index is -0.266. The second-order valence-electron chi connectivity index (χ2n) is 7.31. The Bertz CT molecular complexity index is 1300. The number of aromatic hydroxyl groups is 1. The van der Waals surface area contributed by atoms with Crippen LogP contribution >= 0.6 is 11.8 Å². The zero-order valence-corrected chi connectivity index (χ0v) is 19.6. The number of rotatable bonds is 9. The molecule has 0 fully saturated rings. The molecule has 4 rings (SSSR count). The number of methoxy groups -OCH3 is 2. The second-order valence-corrected chi connectivity index (χ2v) is 8.25. The van der Waals surface area contributed by atoms with Gasteiger partial charge in [-0.05, 0) is 29.8 Å². The number of phenols is 1. The molecule has 1 heterocycles. The molecular weight excluding hydrogens is 452 g/mol. The Balaban J connectivity index is 1.43. The number of amides is 1. The Kier molecular flexibility index (Phi) is 7.34. The maximum Gasteiger partial charge on any atom is 0.250 e. The third-order valence-electron chi connectivity index (χ3n) is 5.04. The predicted octanol–water partition coefficient (Wildman–Crippen LogP) is 4.05. The van der Waals surface area contributed by atoms with Gasteiger partial charge in [0.25, 0.3) is 5.91 Å². The van der Waals surface area contributed by atoms with Crippen LogP contribution in [0.25, 0.3) is 11.0 Å². The van der Waals surface area contributed by atoms with Gasteiger partial charge in [-0.2, -0.15) is 5.10 Å². The molecule has 9 heteroatoms. The third kappa shape index (κ3) is 5.32. The quantitative estimate of drug-likeness (QED) is 0.215. The fraction of sp³-hybridized carbons (Fsp3) is 0.160. The van der Waals surface area contributed by atoms with E-state index in [4.69, 9.17) is 14.5 Å². The van der Waals surface area contributed by atoms with Gasteiger partial charge >= 0.3 is 0 Å². The van der Waals surface area contributed by atoms with Crippen molar-refractivity contribution >= 4 is 34.9 Å². The summed E-state index contributed by atoms with van der Waals surface area (Å²) in [5.41, 5.74) is 6.18. The number of fused-ring (bicyclic) bond motifs is 1. The van der Waals surface area contributed by atoms with Gasteiger partial charge in [0.15, 0.2) is 16.7 Å². The molecule has 174 valence electrons. The highest BCUT2D eigenvalue weighted by Gasteiger charge is 2.14. The van der Waals surface area contributed by atoms with Crippen molar-refractivity contribution in [3.8, 4) is 17.2 Å². The first-order valence-corrected chi connectivity index (χ1v) is 11.5. The van der Waals surface area contributed by atoms with Gasteiger partial charge in [-0.15, -0.1) is 0 Å². The summed E-state index contributed by atoms with van der Waals surface area (Å²) in [6, 6.07) is 21.2. The van der Waals surface area contributed by atoms with Crippen LogP contribution in [0.3, 0.4) is 0 Å².